The zero-order valence-electron chi connectivity index (χ0n) is 14.4. The van der Waals surface area contributed by atoms with Crippen LogP contribution in [0.1, 0.15) is 33.6 Å². The lowest BCUT2D eigenvalue weighted by atomic mass is 9.99. The summed E-state index contributed by atoms with van der Waals surface area (Å²) in [5.74, 6) is 0.853. The molecule has 0 N–H and O–H groups in total. The molecule has 0 aromatic heterocycles. The van der Waals surface area contributed by atoms with Crippen LogP contribution in [0.5, 0.6) is 0 Å². The third kappa shape index (κ3) is 5.70. The molecule has 1 fully saturated rings. The molecule has 1 saturated heterocycles. The number of likely N-dealkylation sites (tertiary alicyclic amines) is 1. The van der Waals surface area contributed by atoms with Gasteiger partial charge in [-0.3, -0.25) is 0 Å². The fraction of sp³-hybridized carbons (Fsp3) is 0.588. The lowest BCUT2D eigenvalue weighted by Gasteiger charge is -2.33. The molecule has 1 aromatic rings. The lowest BCUT2D eigenvalue weighted by Crippen LogP contribution is -2.42. The van der Waals surface area contributed by atoms with Gasteiger partial charge in [0.05, 0.1) is 4.90 Å². The Morgan fingerprint density at radius 1 is 1.21 bits per heavy atom. The first-order valence-electron chi connectivity index (χ1n) is 8.10. The average Bonchev–Trinajstić information content (AvgIpc) is 2.53. The van der Waals surface area contributed by atoms with Crippen LogP contribution in [0.3, 0.4) is 0 Å². The van der Waals surface area contributed by atoms with Crippen molar-refractivity contribution in [2.75, 3.05) is 18.8 Å². The van der Waals surface area contributed by atoms with Crippen LogP contribution in [0.4, 0.5) is 4.79 Å². The van der Waals surface area contributed by atoms with Crippen molar-refractivity contribution in [1.29, 1.82) is 0 Å². The Labute approximate surface area is 148 Å². The van der Waals surface area contributed by atoms with Crippen LogP contribution < -0.4 is 0 Å². The minimum Gasteiger partial charge on any atom is -0.444 e. The molecule has 1 aliphatic heterocycles. The summed E-state index contributed by atoms with van der Waals surface area (Å²) in [5, 5.41) is 0. The predicted octanol–water partition coefficient (Wildman–Crippen LogP) is 3.76. The number of nitrogens with zero attached hydrogens (tertiary/aromatic N) is 1. The molecule has 1 aliphatic rings. The van der Waals surface area contributed by atoms with E-state index in [4.69, 9.17) is 4.74 Å². The molecule has 7 heteroatoms. The third-order valence-electron chi connectivity index (χ3n) is 3.76. The summed E-state index contributed by atoms with van der Waals surface area (Å²) >= 11 is 0. The molecule has 24 heavy (non-hydrogen) atoms. The number of rotatable bonds is 4. The van der Waals surface area contributed by atoms with E-state index in [0.717, 1.165) is 23.6 Å². The first-order chi connectivity index (χ1) is 11.2. The van der Waals surface area contributed by atoms with Gasteiger partial charge >= 0.3 is 6.09 Å². The number of hydrogen-bond acceptors (Lipinski definition) is 5. The molecule has 5 nitrogen and oxygen atoms in total. The highest BCUT2D eigenvalue weighted by Crippen LogP contribution is 2.29. The van der Waals surface area contributed by atoms with E-state index in [0.29, 0.717) is 29.7 Å². The second kappa shape index (κ2) is 7.78. The van der Waals surface area contributed by atoms with E-state index >= 15 is 0 Å². The Balaban J connectivity index is 1.80. The Morgan fingerprint density at radius 3 is 2.33 bits per heavy atom. The van der Waals surface area contributed by atoms with Crippen molar-refractivity contribution in [2.45, 2.75) is 44.1 Å². The Kier molecular flexibility index (Phi) is 6.20. The van der Waals surface area contributed by atoms with Gasteiger partial charge in [0.2, 0.25) is 8.87 Å². The molecule has 0 spiro atoms. The number of ether oxygens (including phenoxy) is 1. The van der Waals surface area contributed by atoms with E-state index < -0.39 is 14.5 Å². The van der Waals surface area contributed by atoms with E-state index in [1.54, 1.807) is 35.2 Å². The van der Waals surface area contributed by atoms with Crippen LogP contribution in [0.2, 0.25) is 0 Å². The monoisotopic (exact) mass is 371 g/mol. The molecule has 0 unspecified atom stereocenters. The molecule has 0 aliphatic carbocycles. The first-order valence-corrected chi connectivity index (χ1v) is 11.1. The van der Waals surface area contributed by atoms with E-state index in [1.165, 1.54) is 0 Å². The summed E-state index contributed by atoms with van der Waals surface area (Å²) in [6.07, 6.45) is 1.32. The normalized spacial score (nSPS) is 16.9. The second-order valence-electron chi connectivity index (χ2n) is 6.96. The molecule has 0 atom stereocenters. The SMILES string of the molecule is CC(C)(C)OC(=O)N1CCC(CSS(=O)(=O)c2ccccc2)CC1. The molecular weight excluding hydrogens is 346 g/mol. The number of benzene rings is 1. The molecule has 0 saturated carbocycles. The molecule has 134 valence electrons. The van der Waals surface area contributed by atoms with Gasteiger partial charge in [-0.2, -0.15) is 0 Å². The van der Waals surface area contributed by atoms with Gasteiger partial charge in [-0.1, -0.05) is 18.2 Å². The first kappa shape index (κ1) is 19.1. The second-order valence-corrected chi connectivity index (χ2v) is 10.9. The lowest BCUT2D eigenvalue weighted by molar-refractivity contribution is 0.0191. The molecule has 1 heterocycles. The third-order valence-corrected chi connectivity index (χ3v) is 7.44. The molecule has 0 radical (unpaired) electrons. The zero-order chi connectivity index (χ0) is 17.8. The standard InChI is InChI=1S/C17H25NO4S2/c1-17(2,3)22-16(19)18-11-9-14(10-12-18)13-23-24(20,21)15-7-5-4-6-8-15/h4-8,14H,9-13H2,1-3H3. The van der Waals surface area contributed by atoms with Crippen LogP contribution in [-0.4, -0.2) is 43.9 Å². The van der Waals surface area contributed by atoms with Crippen LogP contribution in [0, 0.1) is 5.92 Å². The maximum Gasteiger partial charge on any atom is 0.410 e. The number of piperidine rings is 1. The van der Waals surface area contributed by atoms with Gasteiger partial charge in [-0.05, 0) is 62.5 Å². The fourth-order valence-electron chi connectivity index (χ4n) is 2.45. The summed E-state index contributed by atoms with van der Waals surface area (Å²) in [6.45, 7) is 6.78. The maximum atomic E-state index is 12.3. The smallest absolute Gasteiger partial charge is 0.410 e. The largest absolute Gasteiger partial charge is 0.444 e. The molecular formula is C17H25NO4S2. The summed E-state index contributed by atoms with van der Waals surface area (Å²) in [7, 11) is -2.31. The van der Waals surface area contributed by atoms with Gasteiger partial charge in [0.25, 0.3) is 0 Å². The predicted molar refractivity (Wildman–Crippen MR) is 96.6 cm³/mol. The van der Waals surface area contributed by atoms with Crippen LogP contribution in [0.25, 0.3) is 0 Å². The topological polar surface area (TPSA) is 63.7 Å². The number of carbonyl (C=O) groups is 1. The van der Waals surface area contributed by atoms with Gasteiger partial charge in [0.1, 0.15) is 5.60 Å². The minimum atomic E-state index is -3.30. The van der Waals surface area contributed by atoms with Crippen molar-refractivity contribution < 1.29 is 17.9 Å². The quantitative estimate of drug-likeness (QED) is 0.754. The van der Waals surface area contributed by atoms with Crippen molar-refractivity contribution in [1.82, 2.24) is 4.90 Å². The number of hydrogen-bond donors (Lipinski definition) is 0. The van der Waals surface area contributed by atoms with E-state index in [2.05, 4.69) is 0 Å². The van der Waals surface area contributed by atoms with Crippen LogP contribution in [-0.2, 0) is 13.6 Å². The van der Waals surface area contributed by atoms with Crippen molar-refractivity contribution in [3.63, 3.8) is 0 Å². The van der Waals surface area contributed by atoms with Gasteiger partial charge < -0.3 is 9.64 Å². The van der Waals surface area contributed by atoms with Gasteiger partial charge in [-0.15, -0.1) is 0 Å². The Bertz CT molecular complexity index is 645. The highest BCUT2D eigenvalue weighted by atomic mass is 33.1. The molecule has 1 amide bonds. The van der Waals surface area contributed by atoms with E-state index in [-0.39, 0.29) is 6.09 Å². The van der Waals surface area contributed by atoms with Gasteiger partial charge in [0, 0.05) is 18.8 Å². The molecule has 2 rings (SSSR count). The molecule has 1 aromatic carbocycles. The highest BCUT2D eigenvalue weighted by Gasteiger charge is 2.28. The summed E-state index contributed by atoms with van der Waals surface area (Å²) < 4.78 is 29.9. The van der Waals surface area contributed by atoms with Crippen molar-refractivity contribution in [3.8, 4) is 0 Å². The fourth-order valence-corrected chi connectivity index (χ4v) is 5.64. The summed E-state index contributed by atoms with van der Waals surface area (Å²) in [4.78, 5) is 14.1. The van der Waals surface area contributed by atoms with Crippen molar-refractivity contribution in [3.05, 3.63) is 30.3 Å². The highest BCUT2D eigenvalue weighted by molar-refractivity contribution is 8.72. The summed E-state index contributed by atoms with van der Waals surface area (Å²) in [5.41, 5.74) is -0.493. The molecule has 0 bridgehead atoms. The van der Waals surface area contributed by atoms with Crippen LogP contribution >= 0.6 is 10.8 Å². The van der Waals surface area contributed by atoms with E-state index in [1.807, 2.05) is 20.8 Å². The van der Waals surface area contributed by atoms with Gasteiger partial charge in [0.15, 0.2) is 0 Å². The number of carbonyl (C=O) groups excluding carboxylic acids is 1. The van der Waals surface area contributed by atoms with Gasteiger partial charge in [-0.25, -0.2) is 13.2 Å². The zero-order valence-corrected chi connectivity index (χ0v) is 16.0. The van der Waals surface area contributed by atoms with Crippen molar-refractivity contribution >= 4 is 25.8 Å². The minimum absolute atomic E-state index is 0.287. The Hall–Kier alpha value is -1.21. The van der Waals surface area contributed by atoms with Crippen molar-refractivity contribution in [2.24, 2.45) is 5.92 Å². The van der Waals surface area contributed by atoms with Crippen LogP contribution in [0.15, 0.2) is 35.2 Å². The Morgan fingerprint density at radius 2 is 1.79 bits per heavy atom. The van der Waals surface area contributed by atoms with E-state index in [9.17, 15) is 13.2 Å². The summed E-state index contributed by atoms with van der Waals surface area (Å²) in [6, 6.07) is 8.50. The maximum absolute atomic E-state index is 12.3. The number of amides is 1. The average molecular weight is 372 g/mol.